The van der Waals surface area contributed by atoms with E-state index in [9.17, 15) is 0 Å². The van der Waals surface area contributed by atoms with Crippen LogP contribution in [-0.4, -0.2) is 18.8 Å². The van der Waals surface area contributed by atoms with E-state index in [4.69, 9.17) is 5.73 Å². The molecule has 1 aromatic rings. The van der Waals surface area contributed by atoms with Crippen LogP contribution in [0.15, 0.2) is 12.2 Å². The van der Waals surface area contributed by atoms with Crippen LogP contribution in [-0.2, 0) is 0 Å². The molecule has 0 aliphatic rings. The first-order chi connectivity index (χ1) is 3.39. The Morgan fingerprint density at radius 3 is 2.29 bits per heavy atom. The molecule has 0 saturated heterocycles. The van der Waals surface area contributed by atoms with E-state index in [2.05, 4.69) is 4.98 Å². The summed E-state index contributed by atoms with van der Waals surface area (Å²) in [6.45, 7) is 3.50. The third-order valence-corrected chi connectivity index (χ3v) is 0.706. The topological polar surface area (TPSA) is 38.9 Å². The minimum absolute atomic E-state index is 0.759. The van der Waals surface area contributed by atoms with Crippen molar-refractivity contribution in [1.82, 2.24) is 4.98 Å². The van der Waals surface area contributed by atoms with Gasteiger partial charge in [0.15, 0.2) is 0 Å². The Balaban J connectivity index is 3.02. The Bertz CT molecular complexity index is 141. The summed E-state index contributed by atoms with van der Waals surface area (Å²) in [5, 5.41) is 0. The molecule has 0 aromatic carbocycles. The van der Waals surface area contributed by atoms with Gasteiger partial charge in [-0.25, -0.2) is 0 Å². The van der Waals surface area contributed by atoms with Crippen molar-refractivity contribution in [2.75, 3.05) is 5.73 Å². The van der Waals surface area contributed by atoms with Crippen LogP contribution in [0, 0.1) is 0 Å². The normalized spacial score (nSPS) is 7.43. The number of aromatic nitrogens is 1. The Hall–Kier alpha value is -0.660. The zero-order valence-electron chi connectivity index (χ0n) is 3.83. The SMILES string of the molecule is Nc1bcncb1. The second-order valence-electron chi connectivity index (χ2n) is 1.28. The molecule has 0 saturated carbocycles. The van der Waals surface area contributed by atoms with Gasteiger partial charge in [0, 0.05) is 0 Å². The maximum atomic E-state index is 5.32. The summed E-state index contributed by atoms with van der Waals surface area (Å²) in [6, 6.07) is 0. The number of rotatable bonds is 0. The van der Waals surface area contributed by atoms with Gasteiger partial charge >= 0.3 is 42.2 Å². The molecule has 0 unspecified atom stereocenters. The Morgan fingerprint density at radius 2 is 2.00 bits per heavy atom. The van der Waals surface area contributed by atoms with Crippen molar-refractivity contribution in [1.29, 1.82) is 0 Å². The van der Waals surface area contributed by atoms with Gasteiger partial charge in [-0.3, -0.25) is 0 Å². The molecule has 1 aromatic heterocycles. The van der Waals surface area contributed by atoms with E-state index in [0.29, 0.717) is 0 Å². The molecule has 0 amide bonds. The second kappa shape index (κ2) is 1.87. The van der Waals surface area contributed by atoms with E-state index in [1.807, 2.05) is 0 Å². The zero-order chi connectivity index (χ0) is 5.11. The number of anilines is 1. The average molecular weight is 89.7 g/mol. The van der Waals surface area contributed by atoms with Gasteiger partial charge in [-0.05, 0) is 0 Å². The van der Waals surface area contributed by atoms with Gasteiger partial charge in [-0.2, -0.15) is 0 Å². The summed E-state index contributed by atoms with van der Waals surface area (Å²) >= 11 is 0. The number of nitrogens with two attached hydrogens (primary N) is 1. The predicted octanol–water partition coefficient (Wildman–Crippen LogP) is -0.660. The molecule has 0 aliphatic heterocycles. The molecule has 2 nitrogen and oxygen atoms in total. The molecule has 7 heavy (non-hydrogen) atoms. The van der Waals surface area contributed by atoms with Crippen molar-refractivity contribution in [2.45, 2.75) is 0 Å². The fraction of sp³-hybridized carbons (Fsp3) is 0. The van der Waals surface area contributed by atoms with E-state index in [0.717, 1.165) is 5.48 Å². The van der Waals surface area contributed by atoms with Gasteiger partial charge in [0.1, 0.15) is 0 Å². The average Bonchev–Trinajstić information content (AvgIpc) is 1.69. The Labute approximate surface area is 43.2 Å². The van der Waals surface area contributed by atoms with Gasteiger partial charge in [0.25, 0.3) is 0 Å². The number of hydrogen-bond donors (Lipinski definition) is 1. The number of nitrogen functional groups attached to an aromatic ring is 1. The molecule has 0 spiro atoms. The Morgan fingerprint density at radius 1 is 1.43 bits per heavy atom. The maximum absolute atomic E-state index is 5.32. The Kier molecular flexibility index (Phi) is 1.20. The predicted molar refractivity (Wildman–Crippen MR) is 31.3 cm³/mol. The van der Waals surface area contributed by atoms with Crippen molar-refractivity contribution >= 4 is 19.3 Å². The van der Waals surface area contributed by atoms with Gasteiger partial charge in [0.05, 0.1) is 0 Å². The zero-order valence-corrected chi connectivity index (χ0v) is 3.83. The molecule has 0 atom stereocenters. The molecule has 0 radical (unpaired) electrons. The van der Waals surface area contributed by atoms with Crippen LogP contribution in [0.25, 0.3) is 0 Å². The van der Waals surface area contributed by atoms with E-state index >= 15 is 0 Å². The van der Waals surface area contributed by atoms with Crippen LogP contribution >= 0.6 is 0 Å². The summed E-state index contributed by atoms with van der Waals surface area (Å²) in [5.41, 5.74) is 6.08. The molecule has 0 bridgehead atoms. The minimum atomic E-state index is 0.759. The van der Waals surface area contributed by atoms with E-state index in [1.165, 1.54) is 0 Å². The quantitative estimate of drug-likeness (QED) is 0.459. The van der Waals surface area contributed by atoms with Crippen LogP contribution in [0.1, 0.15) is 0 Å². The van der Waals surface area contributed by atoms with Gasteiger partial charge < -0.3 is 0 Å². The monoisotopic (exact) mass is 90.1 g/mol. The third kappa shape index (κ3) is 1.11. The number of nitrogens with zero attached hydrogens (tertiary/aromatic N) is 1. The van der Waals surface area contributed by atoms with E-state index in [-0.39, 0.29) is 0 Å². The van der Waals surface area contributed by atoms with Crippen LogP contribution in [0.4, 0.5) is 5.48 Å². The number of hydrogen-bond acceptors (Lipinski definition) is 2. The summed E-state index contributed by atoms with van der Waals surface area (Å²) in [5.74, 6) is 0. The molecule has 0 aliphatic carbocycles. The summed E-state index contributed by atoms with van der Waals surface area (Å²) in [7, 11) is 0. The third-order valence-electron chi connectivity index (χ3n) is 0.706. The molecule has 2 N–H and O–H groups in total. The first kappa shape index (κ1) is 4.50. The fourth-order valence-corrected chi connectivity index (χ4v) is 0.363. The van der Waals surface area contributed by atoms with Gasteiger partial charge in [-0.15, -0.1) is 0 Å². The van der Waals surface area contributed by atoms with Crippen molar-refractivity contribution in [3.63, 3.8) is 0 Å². The van der Waals surface area contributed by atoms with Crippen LogP contribution in [0.5, 0.6) is 0 Å². The summed E-state index contributed by atoms with van der Waals surface area (Å²) in [6.07, 6.45) is 3.32. The van der Waals surface area contributed by atoms with Crippen molar-refractivity contribution in [2.24, 2.45) is 0 Å². The van der Waals surface area contributed by atoms with E-state index in [1.54, 1.807) is 26.0 Å². The molecule has 0 fully saturated rings. The van der Waals surface area contributed by atoms with Gasteiger partial charge in [0.2, 0.25) is 0 Å². The van der Waals surface area contributed by atoms with Gasteiger partial charge in [-0.1, -0.05) is 0 Å². The first-order valence-corrected chi connectivity index (χ1v) is 2.05. The second-order valence-corrected chi connectivity index (χ2v) is 1.28. The van der Waals surface area contributed by atoms with Crippen LogP contribution in [0.3, 0.4) is 0 Å². The van der Waals surface area contributed by atoms with Crippen molar-refractivity contribution in [3.05, 3.63) is 12.2 Å². The van der Waals surface area contributed by atoms with E-state index < -0.39 is 0 Å². The molecular formula is C3H4B2N2. The van der Waals surface area contributed by atoms with Crippen molar-refractivity contribution < 1.29 is 0 Å². The molecule has 4 heteroatoms. The van der Waals surface area contributed by atoms with Crippen LogP contribution < -0.4 is 5.73 Å². The molecular weight excluding hydrogens is 85.7 g/mol. The fourth-order valence-electron chi connectivity index (χ4n) is 0.363. The summed E-state index contributed by atoms with van der Waals surface area (Å²) < 4.78 is 0. The first-order valence-electron chi connectivity index (χ1n) is 2.05. The molecule has 1 heterocycles. The molecule has 32 valence electrons. The van der Waals surface area contributed by atoms with Crippen LogP contribution in [0.2, 0.25) is 0 Å². The standard InChI is InChI=1S/C3H4B2N2/c6-3-4-1-7-2-5-3/h1-2H,6H2. The summed E-state index contributed by atoms with van der Waals surface area (Å²) in [4.78, 5) is 3.77. The van der Waals surface area contributed by atoms with Crippen molar-refractivity contribution in [3.8, 4) is 0 Å². The molecule has 1 rings (SSSR count).